The van der Waals surface area contributed by atoms with Gasteiger partial charge in [-0.2, -0.15) is 0 Å². The minimum atomic E-state index is -0.372. The molecule has 5 nitrogen and oxygen atoms in total. The number of nitrogens with one attached hydrogen (secondary N) is 1. The lowest BCUT2D eigenvalue weighted by Crippen LogP contribution is -2.23. The summed E-state index contributed by atoms with van der Waals surface area (Å²) in [5.74, 6) is 0.325. The Balaban J connectivity index is 1.61. The predicted molar refractivity (Wildman–Crippen MR) is 97.8 cm³/mol. The van der Waals surface area contributed by atoms with Gasteiger partial charge in [-0.05, 0) is 29.8 Å². The molecular formula is C20H17F2N3O2. The zero-order valence-electron chi connectivity index (χ0n) is 14.6. The second-order valence-corrected chi connectivity index (χ2v) is 6.32. The van der Waals surface area contributed by atoms with Crippen LogP contribution in [0.15, 0.2) is 47.4 Å². The number of ether oxygens (including phenoxy) is 1. The van der Waals surface area contributed by atoms with Gasteiger partial charge in [0.1, 0.15) is 17.4 Å². The topological polar surface area (TPSA) is 56.1 Å². The monoisotopic (exact) mass is 369 g/mol. The summed E-state index contributed by atoms with van der Waals surface area (Å²) in [6, 6.07) is 8.66. The van der Waals surface area contributed by atoms with Gasteiger partial charge in [0, 0.05) is 37.3 Å². The minimum absolute atomic E-state index is 0.189. The third-order valence-corrected chi connectivity index (χ3v) is 4.69. The normalized spacial score (nSPS) is 12.6. The Kier molecular flexibility index (Phi) is 4.35. The molecule has 0 unspecified atom stereocenters. The van der Waals surface area contributed by atoms with Crippen molar-refractivity contribution in [2.75, 3.05) is 11.9 Å². The summed E-state index contributed by atoms with van der Waals surface area (Å²) in [6.07, 6.45) is 2.09. The molecule has 4 rings (SSSR count). The number of rotatable bonds is 4. The fourth-order valence-electron chi connectivity index (χ4n) is 3.21. The summed E-state index contributed by atoms with van der Waals surface area (Å²) in [6.45, 7) is 0.726. The smallest absolute Gasteiger partial charge is 0.262 e. The first-order chi connectivity index (χ1) is 13.0. The van der Waals surface area contributed by atoms with Crippen LogP contribution >= 0.6 is 0 Å². The van der Waals surface area contributed by atoms with E-state index in [2.05, 4.69) is 10.3 Å². The number of hydrogen-bond donors (Lipinski definition) is 1. The summed E-state index contributed by atoms with van der Waals surface area (Å²) in [4.78, 5) is 16.9. The van der Waals surface area contributed by atoms with Crippen molar-refractivity contribution in [3.63, 3.8) is 0 Å². The van der Waals surface area contributed by atoms with Crippen LogP contribution in [0.4, 0.5) is 14.7 Å². The van der Waals surface area contributed by atoms with E-state index in [1.54, 1.807) is 13.1 Å². The zero-order chi connectivity index (χ0) is 19.0. The van der Waals surface area contributed by atoms with Crippen LogP contribution in [0.2, 0.25) is 0 Å². The average molecular weight is 369 g/mol. The molecule has 0 saturated carbocycles. The van der Waals surface area contributed by atoms with Crippen LogP contribution in [-0.4, -0.2) is 16.2 Å². The fraction of sp³-hybridized carbons (Fsp3) is 0.200. The molecule has 0 amide bonds. The van der Waals surface area contributed by atoms with Crippen molar-refractivity contribution in [3.8, 4) is 16.9 Å². The van der Waals surface area contributed by atoms with Crippen LogP contribution in [-0.2, 0) is 20.0 Å². The van der Waals surface area contributed by atoms with Crippen molar-refractivity contribution < 1.29 is 13.5 Å². The summed E-state index contributed by atoms with van der Waals surface area (Å²) in [5.41, 5.74) is 2.03. The molecule has 7 heteroatoms. The van der Waals surface area contributed by atoms with E-state index in [0.717, 1.165) is 5.56 Å². The number of halogens is 2. The highest BCUT2D eigenvalue weighted by Gasteiger charge is 2.19. The summed E-state index contributed by atoms with van der Waals surface area (Å²) >= 11 is 0. The van der Waals surface area contributed by atoms with Crippen LogP contribution in [0.5, 0.6) is 5.75 Å². The highest BCUT2D eigenvalue weighted by Crippen LogP contribution is 2.30. The van der Waals surface area contributed by atoms with Gasteiger partial charge in [-0.1, -0.05) is 12.1 Å². The van der Waals surface area contributed by atoms with Gasteiger partial charge in [0.15, 0.2) is 0 Å². The molecule has 1 aliphatic rings. The van der Waals surface area contributed by atoms with Crippen LogP contribution in [0.25, 0.3) is 11.1 Å². The predicted octanol–water partition coefficient (Wildman–Crippen LogP) is 3.27. The van der Waals surface area contributed by atoms with E-state index in [1.165, 1.54) is 41.1 Å². The minimum Gasteiger partial charge on any atom is -0.493 e. The highest BCUT2D eigenvalue weighted by atomic mass is 19.1. The Morgan fingerprint density at radius 2 is 1.96 bits per heavy atom. The van der Waals surface area contributed by atoms with E-state index in [1.807, 2.05) is 0 Å². The summed E-state index contributed by atoms with van der Waals surface area (Å²) in [7, 11) is 1.58. The molecular weight excluding hydrogens is 352 g/mol. The van der Waals surface area contributed by atoms with E-state index in [0.29, 0.717) is 41.4 Å². The Bertz CT molecular complexity index is 1060. The van der Waals surface area contributed by atoms with Gasteiger partial charge in [-0.15, -0.1) is 0 Å². The Labute approximate surface area is 154 Å². The molecule has 0 fully saturated rings. The van der Waals surface area contributed by atoms with Crippen molar-refractivity contribution in [2.24, 2.45) is 7.05 Å². The maximum absolute atomic E-state index is 14.2. The molecule has 0 saturated heterocycles. The molecule has 1 N–H and O–H groups in total. The summed E-state index contributed by atoms with van der Waals surface area (Å²) < 4.78 is 34.1. The number of nitrogens with zero attached hydrogens (tertiary/aromatic N) is 2. The Morgan fingerprint density at radius 1 is 1.19 bits per heavy atom. The van der Waals surface area contributed by atoms with E-state index >= 15 is 0 Å². The van der Waals surface area contributed by atoms with Crippen LogP contribution < -0.4 is 15.6 Å². The fourth-order valence-corrected chi connectivity index (χ4v) is 3.21. The third-order valence-electron chi connectivity index (χ3n) is 4.69. The first-order valence-corrected chi connectivity index (χ1v) is 8.53. The molecule has 1 aliphatic heterocycles. The largest absolute Gasteiger partial charge is 0.493 e. The van der Waals surface area contributed by atoms with Gasteiger partial charge in [0.2, 0.25) is 5.95 Å². The maximum Gasteiger partial charge on any atom is 0.262 e. The lowest BCUT2D eigenvalue weighted by atomic mass is 10.0. The lowest BCUT2D eigenvalue weighted by molar-refractivity contribution is 0.356. The van der Waals surface area contributed by atoms with Crippen LogP contribution in [0.3, 0.4) is 0 Å². The van der Waals surface area contributed by atoms with Crippen LogP contribution in [0, 0.1) is 11.6 Å². The molecule has 2 aromatic carbocycles. The second-order valence-electron chi connectivity index (χ2n) is 6.32. The number of aromatic nitrogens is 2. The van der Waals surface area contributed by atoms with E-state index in [9.17, 15) is 13.6 Å². The van der Waals surface area contributed by atoms with Gasteiger partial charge in [-0.3, -0.25) is 9.36 Å². The van der Waals surface area contributed by atoms with Gasteiger partial charge >= 0.3 is 0 Å². The first kappa shape index (κ1) is 17.2. The quantitative estimate of drug-likeness (QED) is 0.767. The van der Waals surface area contributed by atoms with Crippen molar-refractivity contribution in [1.82, 2.24) is 9.55 Å². The SMILES string of the molecule is Cn1c(NCc2c(F)ccc3c2CCO3)ncc(-c2ccc(F)cc2)c1=O. The van der Waals surface area contributed by atoms with Crippen molar-refractivity contribution >= 4 is 5.95 Å². The van der Waals surface area contributed by atoms with Gasteiger partial charge in [-0.25, -0.2) is 13.8 Å². The number of benzene rings is 2. The number of fused-ring (bicyclic) bond motifs is 1. The molecule has 0 bridgehead atoms. The lowest BCUT2D eigenvalue weighted by Gasteiger charge is -2.13. The van der Waals surface area contributed by atoms with E-state index in [4.69, 9.17) is 4.74 Å². The zero-order valence-corrected chi connectivity index (χ0v) is 14.6. The average Bonchev–Trinajstić information content (AvgIpc) is 3.14. The first-order valence-electron chi connectivity index (χ1n) is 8.53. The second kappa shape index (κ2) is 6.83. The van der Waals surface area contributed by atoms with E-state index in [-0.39, 0.29) is 23.7 Å². The standard InChI is InChI=1S/C20H17F2N3O2/c1-25-19(26)15(12-2-4-13(21)5-3-12)10-23-20(25)24-11-16-14-8-9-27-18(14)7-6-17(16)22/h2-7,10H,8-9,11H2,1H3,(H,23,24). The Morgan fingerprint density at radius 3 is 2.74 bits per heavy atom. The molecule has 0 atom stereocenters. The molecule has 0 radical (unpaired) electrons. The van der Waals surface area contributed by atoms with Crippen LogP contribution in [0.1, 0.15) is 11.1 Å². The molecule has 0 spiro atoms. The maximum atomic E-state index is 14.2. The molecule has 27 heavy (non-hydrogen) atoms. The molecule has 138 valence electrons. The third kappa shape index (κ3) is 3.16. The summed E-state index contributed by atoms with van der Waals surface area (Å²) in [5, 5.41) is 3.02. The molecule has 0 aliphatic carbocycles. The van der Waals surface area contributed by atoms with E-state index < -0.39 is 0 Å². The number of anilines is 1. The molecule has 3 aromatic rings. The molecule has 2 heterocycles. The van der Waals surface area contributed by atoms with Gasteiger partial charge in [0.05, 0.1) is 12.2 Å². The highest BCUT2D eigenvalue weighted by molar-refractivity contribution is 5.62. The molecule has 1 aromatic heterocycles. The Hall–Kier alpha value is -3.22. The van der Waals surface area contributed by atoms with Crippen molar-refractivity contribution in [2.45, 2.75) is 13.0 Å². The number of hydrogen-bond acceptors (Lipinski definition) is 4. The van der Waals surface area contributed by atoms with Gasteiger partial charge in [0.25, 0.3) is 5.56 Å². The van der Waals surface area contributed by atoms with Crippen molar-refractivity contribution in [3.05, 3.63) is 75.7 Å². The van der Waals surface area contributed by atoms with Gasteiger partial charge < -0.3 is 10.1 Å². The van der Waals surface area contributed by atoms with Crippen molar-refractivity contribution in [1.29, 1.82) is 0 Å².